The van der Waals surface area contributed by atoms with E-state index in [1.807, 2.05) is 29.8 Å². The van der Waals surface area contributed by atoms with Gasteiger partial charge in [-0.25, -0.2) is 4.98 Å². The summed E-state index contributed by atoms with van der Waals surface area (Å²) in [5.74, 6) is -0.149. The van der Waals surface area contributed by atoms with Crippen LogP contribution in [0, 0.1) is 0 Å². The lowest BCUT2D eigenvalue weighted by atomic mass is 10.1. The highest BCUT2D eigenvalue weighted by Gasteiger charge is 2.10. The molecule has 112 valence electrons. The number of aromatic nitrogens is 2. The Hall–Kier alpha value is -2.33. The van der Waals surface area contributed by atoms with E-state index in [2.05, 4.69) is 16.5 Å². The van der Waals surface area contributed by atoms with Crippen LogP contribution in [0.3, 0.4) is 0 Å². The van der Waals surface area contributed by atoms with Gasteiger partial charge in [0.25, 0.3) is 5.91 Å². The molecule has 1 aromatic carbocycles. The number of nitrogens with zero attached hydrogens (tertiary/aromatic N) is 2. The first-order valence-electron chi connectivity index (χ1n) is 7.08. The highest BCUT2D eigenvalue weighted by Crippen LogP contribution is 2.18. The quantitative estimate of drug-likeness (QED) is 0.804. The Balaban J connectivity index is 1.68. The number of rotatable bonds is 4. The Morgan fingerprint density at radius 1 is 1.27 bits per heavy atom. The van der Waals surface area contributed by atoms with Crippen LogP contribution in [0.4, 0.5) is 0 Å². The Morgan fingerprint density at radius 2 is 2.09 bits per heavy atom. The number of carbonyl (C=O) groups is 1. The van der Waals surface area contributed by atoms with Gasteiger partial charge in [0.15, 0.2) is 0 Å². The number of hydrogen-bond acceptors (Lipinski definition) is 2. The monoisotopic (exact) mass is 313 g/mol. The number of benzene rings is 1. The number of nitrogens with one attached hydrogen (secondary N) is 1. The SMILES string of the molecule is Cn1cc(CCNC(=O)c2ccccc2Cl)c2cccnc21. The van der Waals surface area contributed by atoms with E-state index in [1.165, 1.54) is 5.56 Å². The average Bonchev–Trinajstić information content (AvgIpc) is 2.85. The molecule has 0 saturated heterocycles. The van der Waals surface area contributed by atoms with E-state index in [0.29, 0.717) is 17.1 Å². The molecule has 1 N–H and O–H groups in total. The van der Waals surface area contributed by atoms with Crippen molar-refractivity contribution < 1.29 is 4.79 Å². The van der Waals surface area contributed by atoms with Gasteiger partial charge in [-0.1, -0.05) is 23.7 Å². The van der Waals surface area contributed by atoms with Crippen molar-refractivity contribution in [3.05, 3.63) is 64.9 Å². The normalized spacial score (nSPS) is 10.8. The second-order valence-electron chi connectivity index (χ2n) is 5.13. The first-order chi connectivity index (χ1) is 10.7. The predicted octanol–water partition coefficient (Wildman–Crippen LogP) is 3.20. The second kappa shape index (κ2) is 6.20. The van der Waals surface area contributed by atoms with Gasteiger partial charge in [0.2, 0.25) is 0 Å². The van der Waals surface area contributed by atoms with Crippen molar-refractivity contribution in [1.82, 2.24) is 14.9 Å². The van der Waals surface area contributed by atoms with Crippen molar-refractivity contribution in [2.75, 3.05) is 6.54 Å². The van der Waals surface area contributed by atoms with E-state index in [0.717, 1.165) is 17.5 Å². The molecule has 0 saturated carbocycles. The van der Waals surface area contributed by atoms with Gasteiger partial charge in [-0.3, -0.25) is 4.79 Å². The van der Waals surface area contributed by atoms with E-state index in [-0.39, 0.29) is 5.91 Å². The summed E-state index contributed by atoms with van der Waals surface area (Å²) in [5, 5.41) is 4.50. The molecule has 4 nitrogen and oxygen atoms in total. The molecule has 5 heteroatoms. The minimum absolute atomic E-state index is 0.149. The summed E-state index contributed by atoms with van der Waals surface area (Å²) in [4.78, 5) is 16.5. The molecule has 2 aromatic heterocycles. The summed E-state index contributed by atoms with van der Waals surface area (Å²) in [5.41, 5.74) is 2.63. The molecule has 22 heavy (non-hydrogen) atoms. The van der Waals surface area contributed by atoms with Gasteiger partial charge in [-0.2, -0.15) is 0 Å². The van der Waals surface area contributed by atoms with Gasteiger partial charge >= 0.3 is 0 Å². The van der Waals surface area contributed by atoms with E-state index in [1.54, 1.807) is 24.4 Å². The van der Waals surface area contributed by atoms with Crippen molar-refractivity contribution in [3.8, 4) is 0 Å². The summed E-state index contributed by atoms with van der Waals surface area (Å²) in [6, 6.07) is 11.0. The molecule has 0 spiro atoms. The maximum absolute atomic E-state index is 12.1. The lowest BCUT2D eigenvalue weighted by Crippen LogP contribution is -2.25. The zero-order valence-corrected chi connectivity index (χ0v) is 13.0. The van der Waals surface area contributed by atoms with Crippen LogP contribution in [0.25, 0.3) is 11.0 Å². The third-order valence-corrected chi connectivity index (χ3v) is 3.94. The van der Waals surface area contributed by atoms with Crippen molar-refractivity contribution in [1.29, 1.82) is 0 Å². The zero-order valence-electron chi connectivity index (χ0n) is 12.2. The fourth-order valence-corrected chi connectivity index (χ4v) is 2.77. The minimum atomic E-state index is -0.149. The number of aryl methyl sites for hydroxylation is 1. The Morgan fingerprint density at radius 3 is 2.91 bits per heavy atom. The van der Waals surface area contributed by atoms with Gasteiger partial charge in [0.1, 0.15) is 5.65 Å². The molecular weight excluding hydrogens is 298 g/mol. The van der Waals surface area contributed by atoms with E-state index >= 15 is 0 Å². The molecular formula is C17H16ClN3O. The molecule has 0 unspecified atom stereocenters. The molecule has 3 aromatic rings. The summed E-state index contributed by atoms with van der Waals surface area (Å²) < 4.78 is 2.00. The topological polar surface area (TPSA) is 46.9 Å². The molecule has 0 atom stereocenters. The summed E-state index contributed by atoms with van der Waals surface area (Å²) in [6.45, 7) is 0.554. The van der Waals surface area contributed by atoms with Gasteiger partial charge in [-0.05, 0) is 36.2 Å². The van der Waals surface area contributed by atoms with Crippen molar-refractivity contribution in [3.63, 3.8) is 0 Å². The number of carbonyl (C=O) groups excluding carboxylic acids is 1. The number of hydrogen-bond donors (Lipinski definition) is 1. The molecule has 1 amide bonds. The molecule has 2 heterocycles. The van der Waals surface area contributed by atoms with E-state index < -0.39 is 0 Å². The molecule has 0 bridgehead atoms. The molecule has 0 aliphatic carbocycles. The van der Waals surface area contributed by atoms with Crippen LogP contribution in [0.1, 0.15) is 15.9 Å². The molecule has 3 rings (SSSR count). The van der Waals surface area contributed by atoms with Gasteiger partial charge in [-0.15, -0.1) is 0 Å². The standard InChI is InChI=1S/C17H16ClN3O/c1-21-11-12(13-6-4-9-19-16(13)21)8-10-20-17(22)14-5-2-3-7-15(14)18/h2-7,9,11H,8,10H2,1H3,(H,20,22). The van der Waals surface area contributed by atoms with Crippen LogP contribution in [-0.4, -0.2) is 22.0 Å². The van der Waals surface area contributed by atoms with E-state index in [9.17, 15) is 4.79 Å². The lowest BCUT2D eigenvalue weighted by molar-refractivity contribution is 0.0954. The molecule has 0 aliphatic rings. The van der Waals surface area contributed by atoms with Crippen LogP contribution in [0.15, 0.2) is 48.8 Å². The van der Waals surface area contributed by atoms with Crippen LogP contribution < -0.4 is 5.32 Å². The Labute approximate surface area is 133 Å². The smallest absolute Gasteiger partial charge is 0.252 e. The van der Waals surface area contributed by atoms with Crippen LogP contribution in [0.2, 0.25) is 5.02 Å². The number of amides is 1. The second-order valence-corrected chi connectivity index (χ2v) is 5.53. The van der Waals surface area contributed by atoms with Gasteiger partial charge in [0.05, 0.1) is 10.6 Å². The number of halogens is 1. The summed E-state index contributed by atoms with van der Waals surface area (Å²) in [7, 11) is 1.97. The summed E-state index contributed by atoms with van der Waals surface area (Å²) >= 11 is 6.02. The lowest BCUT2D eigenvalue weighted by Gasteiger charge is -2.06. The third-order valence-electron chi connectivity index (χ3n) is 3.61. The van der Waals surface area contributed by atoms with Crippen LogP contribution in [-0.2, 0) is 13.5 Å². The third kappa shape index (κ3) is 2.83. The minimum Gasteiger partial charge on any atom is -0.352 e. The average molecular weight is 314 g/mol. The first-order valence-corrected chi connectivity index (χ1v) is 7.46. The van der Waals surface area contributed by atoms with Crippen molar-refractivity contribution in [2.24, 2.45) is 7.05 Å². The maximum atomic E-state index is 12.1. The van der Waals surface area contributed by atoms with Crippen molar-refractivity contribution in [2.45, 2.75) is 6.42 Å². The van der Waals surface area contributed by atoms with Crippen molar-refractivity contribution >= 4 is 28.5 Å². The maximum Gasteiger partial charge on any atom is 0.252 e. The Kier molecular flexibility index (Phi) is 4.11. The fourth-order valence-electron chi connectivity index (χ4n) is 2.54. The summed E-state index contributed by atoms with van der Waals surface area (Å²) in [6.07, 6.45) is 4.59. The van der Waals surface area contributed by atoms with Crippen LogP contribution in [0.5, 0.6) is 0 Å². The first kappa shape index (κ1) is 14.6. The van der Waals surface area contributed by atoms with Gasteiger partial charge < -0.3 is 9.88 Å². The highest BCUT2D eigenvalue weighted by molar-refractivity contribution is 6.33. The van der Waals surface area contributed by atoms with Crippen LogP contribution >= 0.6 is 11.6 Å². The molecule has 0 radical (unpaired) electrons. The highest BCUT2D eigenvalue weighted by atomic mass is 35.5. The Bertz CT molecular complexity index is 826. The molecule has 0 aliphatic heterocycles. The number of pyridine rings is 1. The number of fused-ring (bicyclic) bond motifs is 1. The van der Waals surface area contributed by atoms with E-state index in [4.69, 9.17) is 11.6 Å². The zero-order chi connectivity index (χ0) is 15.5. The predicted molar refractivity (Wildman–Crippen MR) is 88.2 cm³/mol. The largest absolute Gasteiger partial charge is 0.352 e. The fraction of sp³-hybridized carbons (Fsp3) is 0.176. The van der Waals surface area contributed by atoms with Gasteiger partial charge in [0, 0.05) is 31.4 Å². The molecule has 0 fully saturated rings.